The Labute approximate surface area is 101 Å². The monoisotopic (exact) mass is 278 g/mol. The predicted octanol–water partition coefficient (Wildman–Crippen LogP) is 2.47. The molecule has 1 aromatic heterocycles. The minimum Gasteiger partial charge on any atom is -0.336 e. The fourth-order valence-corrected chi connectivity index (χ4v) is 1.86. The van der Waals surface area contributed by atoms with Crippen molar-refractivity contribution in [3.05, 3.63) is 29.6 Å². The Hall–Kier alpha value is -1.57. The Balaban J connectivity index is 2.61. The lowest BCUT2D eigenvalue weighted by molar-refractivity contribution is 0.0755. The molecule has 0 spiro atoms. The van der Waals surface area contributed by atoms with Crippen molar-refractivity contribution < 1.29 is 21.1 Å². The van der Waals surface area contributed by atoms with E-state index in [4.69, 9.17) is 0 Å². The number of hydrogen-bond donors (Lipinski definition) is 1. The standard InChI is InChI=1S/C10H9F3N2O2S/c1-2-6-3-4-7-8(5-6)15-9(14-7)10(11,12)18(13,16)17/h3-5H,2H2,1H3,(H,14,15). The van der Waals surface area contributed by atoms with Gasteiger partial charge in [-0.3, -0.25) is 0 Å². The first-order valence-electron chi connectivity index (χ1n) is 5.07. The molecule has 0 aliphatic rings. The van der Waals surface area contributed by atoms with Gasteiger partial charge in [-0.15, -0.1) is 0 Å². The number of rotatable bonds is 3. The summed E-state index contributed by atoms with van der Waals surface area (Å²) >= 11 is 0. The second-order valence-corrected chi connectivity index (χ2v) is 5.13. The summed E-state index contributed by atoms with van der Waals surface area (Å²) in [5, 5.41) is -4.67. The molecule has 1 heterocycles. The Morgan fingerprint density at radius 2 is 2.06 bits per heavy atom. The molecular weight excluding hydrogens is 269 g/mol. The van der Waals surface area contributed by atoms with E-state index in [-0.39, 0.29) is 11.0 Å². The summed E-state index contributed by atoms with van der Waals surface area (Å²) < 4.78 is 59.7. The number of H-pyrrole nitrogens is 1. The number of aryl methyl sites for hydroxylation is 1. The smallest absolute Gasteiger partial charge is 0.336 e. The average Bonchev–Trinajstić information content (AvgIpc) is 2.70. The first-order chi connectivity index (χ1) is 8.25. The summed E-state index contributed by atoms with van der Waals surface area (Å²) in [5.74, 6) is -1.21. The van der Waals surface area contributed by atoms with Crippen molar-refractivity contribution in [1.29, 1.82) is 0 Å². The van der Waals surface area contributed by atoms with Crippen molar-refractivity contribution in [3.63, 3.8) is 0 Å². The van der Waals surface area contributed by atoms with Crippen LogP contribution >= 0.6 is 0 Å². The minimum atomic E-state index is -6.05. The van der Waals surface area contributed by atoms with Crippen LogP contribution in [0.3, 0.4) is 0 Å². The summed E-state index contributed by atoms with van der Waals surface area (Å²) in [6, 6.07) is 4.71. The summed E-state index contributed by atoms with van der Waals surface area (Å²) in [4.78, 5) is 5.54. The molecule has 4 nitrogen and oxygen atoms in total. The van der Waals surface area contributed by atoms with Crippen LogP contribution in [0.5, 0.6) is 0 Å². The van der Waals surface area contributed by atoms with Crippen LogP contribution in [0.4, 0.5) is 12.7 Å². The molecule has 0 unspecified atom stereocenters. The van der Waals surface area contributed by atoms with E-state index in [9.17, 15) is 21.1 Å². The number of aromatic amines is 1. The third kappa shape index (κ3) is 1.96. The number of aromatic nitrogens is 2. The molecule has 2 aromatic rings. The summed E-state index contributed by atoms with van der Waals surface area (Å²) in [5.41, 5.74) is 1.27. The van der Waals surface area contributed by atoms with Gasteiger partial charge in [0, 0.05) is 0 Å². The van der Waals surface area contributed by atoms with Crippen molar-refractivity contribution >= 4 is 21.3 Å². The second-order valence-electron chi connectivity index (χ2n) is 3.75. The highest BCUT2D eigenvalue weighted by molar-refractivity contribution is 7.87. The normalized spacial score (nSPS) is 13.1. The molecule has 0 atom stereocenters. The van der Waals surface area contributed by atoms with Crippen molar-refractivity contribution in [2.45, 2.75) is 18.6 Å². The molecule has 1 aromatic carbocycles. The molecule has 1 N–H and O–H groups in total. The molecule has 98 valence electrons. The van der Waals surface area contributed by atoms with Gasteiger partial charge in [-0.1, -0.05) is 16.9 Å². The first-order valence-corrected chi connectivity index (χ1v) is 6.45. The molecule has 18 heavy (non-hydrogen) atoms. The quantitative estimate of drug-likeness (QED) is 0.877. The van der Waals surface area contributed by atoms with Crippen LogP contribution < -0.4 is 0 Å². The molecule has 8 heteroatoms. The Morgan fingerprint density at radius 1 is 1.39 bits per heavy atom. The topological polar surface area (TPSA) is 62.8 Å². The Morgan fingerprint density at radius 3 is 2.61 bits per heavy atom. The number of nitrogens with one attached hydrogen (secondary N) is 1. The molecule has 0 amide bonds. The molecule has 0 bridgehead atoms. The lowest BCUT2D eigenvalue weighted by Gasteiger charge is -2.06. The number of nitrogens with zero attached hydrogens (tertiary/aromatic N) is 1. The number of imidazole rings is 1. The van der Waals surface area contributed by atoms with Crippen molar-refractivity contribution in [3.8, 4) is 0 Å². The molecule has 0 aliphatic carbocycles. The zero-order valence-electron chi connectivity index (χ0n) is 9.25. The molecule has 0 aliphatic heterocycles. The van der Waals surface area contributed by atoms with Crippen LogP contribution in [0, 0.1) is 0 Å². The van der Waals surface area contributed by atoms with E-state index in [2.05, 4.69) is 9.97 Å². The Bertz CT molecular complexity index is 694. The molecular formula is C10H9F3N2O2S. The van der Waals surface area contributed by atoms with E-state index in [1.54, 1.807) is 12.1 Å². The maximum absolute atomic E-state index is 13.2. The van der Waals surface area contributed by atoms with Crippen LogP contribution in [0.25, 0.3) is 11.0 Å². The second kappa shape index (κ2) is 3.98. The zero-order valence-corrected chi connectivity index (χ0v) is 10.1. The number of halogens is 3. The van der Waals surface area contributed by atoms with Crippen LogP contribution in [0.2, 0.25) is 0 Å². The number of benzene rings is 1. The van der Waals surface area contributed by atoms with E-state index in [0.717, 1.165) is 5.56 Å². The summed E-state index contributed by atoms with van der Waals surface area (Å²) in [7, 11) is -6.05. The van der Waals surface area contributed by atoms with Gasteiger partial charge >= 0.3 is 15.5 Å². The summed E-state index contributed by atoms with van der Waals surface area (Å²) in [6.45, 7) is 1.87. The molecule has 0 fully saturated rings. The molecule has 0 saturated heterocycles. The van der Waals surface area contributed by atoms with Gasteiger partial charge in [-0.05, 0) is 24.1 Å². The van der Waals surface area contributed by atoms with Gasteiger partial charge in [-0.25, -0.2) is 4.98 Å². The van der Waals surface area contributed by atoms with Gasteiger partial charge in [0.1, 0.15) is 0 Å². The highest BCUT2D eigenvalue weighted by atomic mass is 32.3. The van der Waals surface area contributed by atoms with Gasteiger partial charge in [0.2, 0.25) is 0 Å². The Kier molecular flexibility index (Phi) is 2.84. The third-order valence-corrected chi connectivity index (χ3v) is 3.34. The number of alkyl halides is 2. The fourth-order valence-electron chi connectivity index (χ4n) is 1.53. The largest absolute Gasteiger partial charge is 0.430 e. The van der Waals surface area contributed by atoms with Gasteiger partial charge in [0.25, 0.3) is 0 Å². The molecule has 0 radical (unpaired) electrons. The van der Waals surface area contributed by atoms with Crippen LogP contribution in [-0.4, -0.2) is 18.4 Å². The average molecular weight is 278 g/mol. The highest BCUT2D eigenvalue weighted by Gasteiger charge is 2.50. The third-order valence-electron chi connectivity index (χ3n) is 2.54. The number of hydrogen-bond acceptors (Lipinski definition) is 3. The molecule has 0 saturated carbocycles. The fraction of sp³-hybridized carbons (Fsp3) is 0.300. The highest BCUT2D eigenvalue weighted by Crippen LogP contribution is 2.34. The van der Waals surface area contributed by atoms with Crippen molar-refractivity contribution in [2.75, 3.05) is 0 Å². The SMILES string of the molecule is CCc1ccc2nc(C(F)(F)S(=O)(=O)F)[nH]c2c1. The predicted molar refractivity (Wildman–Crippen MR) is 59.4 cm³/mol. The lowest BCUT2D eigenvalue weighted by Crippen LogP contribution is -2.23. The maximum atomic E-state index is 13.2. The first kappa shape index (κ1) is 12.9. The molecule has 2 rings (SSSR count). The van der Waals surface area contributed by atoms with E-state index >= 15 is 0 Å². The number of fused-ring (bicyclic) bond motifs is 1. The van der Waals surface area contributed by atoms with Crippen LogP contribution in [0.1, 0.15) is 18.3 Å². The lowest BCUT2D eigenvalue weighted by atomic mass is 10.1. The minimum absolute atomic E-state index is 0.158. The summed E-state index contributed by atoms with van der Waals surface area (Å²) in [6.07, 6.45) is 0.683. The van der Waals surface area contributed by atoms with Gasteiger partial charge in [0.15, 0.2) is 5.82 Å². The van der Waals surface area contributed by atoms with Gasteiger partial charge in [-0.2, -0.15) is 17.2 Å². The van der Waals surface area contributed by atoms with E-state index in [0.29, 0.717) is 6.42 Å². The van der Waals surface area contributed by atoms with E-state index in [1.165, 1.54) is 6.07 Å². The van der Waals surface area contributed by atoms with Gasteiger partial charge < -0.3 is 4.98 Å². The maximum Gasteiger partial charge on any atom is 0.430 e. The van der Waals surface area contributed by atoms with Crippen LogP contribution in [-0.2, 0) is 21.9 Å². The van der Waals surface area contributed by atoms with Crippen molar-refractivity contribution in [1.82, 2.24) is 9.97 Å². The zero-order chi connectivity index (χ0) is 13.6. The van der Waals surface area contributed by atoms with E-state index in [1.807, 2.05) is 6.92 Å². The van der Waals surface area contributed by atoms with E-state index < -0.39 is 21.3 Å². The van der Waals surface area contributed by atoms with Gasteiger partial charge in [0.05, 0.1) is 11.0 Å². The van der Waals surface area contributed by atoms with Crippen molar-refractivity contribution in [2.24, 2.45) is 0 Å². The van der Waals surface area contributed by atoms with Crippen LogP contribution in [0.15, 0.2) is 18.2 Å².